The van der Waals surface area contributed by atoms with Gasteiger partial charge in [0.25, 0.3) is 0 Å². The van der Waals surface area contributed by atoms with Gasteiger partial charge in [0.15, 0.2) is 0 Å². The first-order chi connectivity index (χ1) is 21.8. The van der Waals surface area contributed by atoms with E-state index in [1.807, 2.05) is 18.4 Å². The Morgan fingerprint density at radius 1 is 0.682 bits per heavy atom. The predicted molar refractivity (Wildman–Crippen MR) is 179 cm³/mol. The van der Waals surface area contributed by atoms with E-state index >= 15 is 0 Å². The number of ether oxygens (including phenoxy) is 2. The molecule has 0 radical (unpaired) electrons. The van der Waals surface area contributed by atoms with Crippen LogP contribution in [0.3, 0.4) is 0 Å². The molecule has 44 heavy (non-hydrogen) atoms. The van der Waals surface area contributed by atoms with Crippen LogP contribution in [0.5, 0.6) is 17.2 Å². The molecule has 10 rings (SSSR count). The minimum absolute atomic E-state index is 0.115. The van der Waals surface area contributed by atoms with Crippen molar-refractivity contribution in [3.05, 3.63) is 121 Å². The van der Waals surface area contributed by atoms with E-state index in [0.717, 1.165) is 63.8 Å². The Balaban J connectivity index is 1.14. The molecule has 210 valence electrons. The number of furan rings is 1. The van der Waals surface area contributed by atoms with Crippen LogP contribution in [0.1, 0.15) is 25.7 Å². The van der Waals surface area contributed by atoms with Crippen LogP contribution in [0.25, 0.3) is 22.1 Å². The average molecular weight is 634 g/mol. The number of hydrogen-bond acceptors (Lipinski definition) is 4. The van der Waals surface area contributed by atoms with Crippen molar-refractivity contribution in [1.82, 2.24) is 0 Å². The molecular formula is C38H26BNO3Se. The second kappa shape index (κ2) is 9.43. The molecular weight excluding hydrogens is 608 g/mol. The number of nitrogens with zero attached hydrogens (tertiary/aromatic N) is 1. The van der Waals surface area contributed by atoms with Crippen LogP contribution in [0.15, 0.2) is 125 Å². The van der Waals surface area contributed by atoms with Crippen LogP contribution in [0.4, 0.5) is 11.4 Å². The SMILES string of the molecule is c1ccc2c(c1)OC1=C(CCCC1)N2c1ccc2c(c1)Oc1cccc3c1B2c1cc(-c2coc4ccccc24)ccc1[Se]3. The van der Waals surface area contributed by atoms with Crippen molar-refractivity contribution in [3.8, 4) is 28.4 Å². The molecule has 0 fully saturated rings. The minimum atomic E-state index is 0.115. The second-order valence-electron chi connectivity index (χ2n) is 11.9. The van der Waals surface area contributed by atoms with Gasteiger partial charge in [-0.15, -0.1) is 0 Å². The van der Waals surface area contributed by atoms with Crippen molar-refractivity contribution in [3.63, 3.8) is 0 Å². The summed E-state index contributed by atoms with van der Waals surface area (Å²) in [7, 11) is 0. The molecule has 3 aliphatic heterocycles. The summed E-state index contributed by atoms with van der Waals surface area (Å²) >= 11 is 0.205. The Kier molecular flexibility index (Phi) is 5.31. The van der Waals surface area contributed by atoms with Gasteiger partial charge < -0.3 is 0 Å². The van der Waals surface area contributed by atoms with E-state index in [1.54, 1.807) is 0 Å². The summed E-state index contributed by atoms with van der Waals surface area (Å²) in [6, 6.07) is 37.1. The van der Waals surface area contributed by atoms with Gasteiger partial charge >= 0.3 is 263 Å². The maximum atomic E-state index is 6.78. The molecule has 1 aromatic heterocycles. The Hall–Kier alpha value is -4.64. The third-order valence-corrected chi connectivity index (χ3v) is 11.9. The molecule has 0 saturated heterocycles. The Morgan fingerprint density at radius 3 is 2.57 bits per heavy atom. The van der Waals surface area contributed by atoms with Crippen LogP contribution in [0, 0.1) is 0 Å². The number of anilines is 2. The number of rotatable bonds is 2. The summed E-state index contributed by atoms with van der Waals surface area (Å²) in [5.74, 6) is 3.93. The summed E-state index contributed by atoms with van der Waals surface area (Å²) in [5.41, 5.74) is 10.7. The fourth-order valence-corrected chi connectivity index (χ4v) is 9.83. The zero-order valence-electron chi connectivity index (χ0n) is 23.9. The molecule has 0 N–H and O–H groups in total. The molecule has 6 heteroatoms. The van der Waals surface area contributed by atoms with Crippen LogP contribution in [-0.4, -0.2) is 21.7 Å². The van der Waals surface area contributed by atoms with Gasteiger partial charge in [0.2, 0.25) is 0 Å². The summed E-state index contributed by atoms with van der Waals surface area (Å²) in [4.78, 5) is 2.41. The van der Waals surface area contributed by atoms with Crippen LogP contribution in [0.2, 0.25) is 0 Å². The zero-order valence-corrected chi connectivity index (χ0v) is 25.6. The number of para-hydroxylation sites is 3. The molecule has 5 aromatic carbocycles. The van der Waals surface area contributed by atoms with Crippen LogP contribution >= 0.6 is 0 Å². The van der Waals surface area contributed by atoms with Crippen molar-refractivity contribution in [1.29, 1.82) is 0 Å². The van der Waals surface area contributed by atoms with E-state index in [-0.39, 0.29) is 21.7 Å². The predicted octanol–water partition coefficient (Wildman–Crippen LogP) is 6.01. The van der Waals surface area contributed by atoms with Gasteiger partial charge in [-0.05, 0) is 0 Å². The Morgan fingerprint density at radius 2 is 1.57 bits per heavy atom. The molecule has 0 bridgehead atoms. The van der Waals surface area contributed by atoms with Crippen LogP contribution < -0.4 is 39.7 Å². The van der Waals surface area contributed by atoms with Crippen molar-refractivity contribution in [2.24, 2.45) is 0 Å². The van der Waals surface area contributed by atoms with Gasteiger partial charge in [-0.3, -0.25) is 0 Å². The van der Waals surface area contributed by atoms with E-state index in [4.69, 9.17) is 13.9 Å². The van der Waals surface area contributed by atoms with Gasteiger partial charge in [0, 0.05) is 0 Å². The van der Waals surface area contributed by atoms with Crippen LogP contribution in [-0.2, 0) is 0 Å². The van der Waals surface area contributed by atoms with Crippen molar-refractivity contribution < 1.29 is 13.9 Å². The van der Waals surface area contributed by atoms with Gasteiger partial charge in [-0.2, -0.15) is 0 Å². The fourth-order valence-electron chi connectivity index (χ4n) is 7.44. The van der Waals surface area contributed by atoms with Gasteiger partial charge in [0.05, 0.1) is 0 Å². The normalized spacial score (nSPS) is 15.9. The molecule has 0 saturated carbocycles. The number of hydrogen-bond donors (Lipinski definition) is 0. The van der Waals surface area contributed by atoms with Gasteiger partial charge in [-0.25, -0.2) is 0 Å². The first-order valence-electron chi connectivity index (χ1n) is 15.3. The summed E-state index contributed by atoms with van der Waals surface area (Å²) < 4.78 is 22.0. The second-order valence-corrected chi connectivity index (χ2v) is 14.2. The quantitative estimate of drug-likeness (QED) is 0.219. The van der Waals surface area contributed by atoms with E-state index in [0.29, 0.717) is 0 Å². The molecule has 4 nitrogen and oxygen atoms in total. The average Bonchev–Trinajstić information content (AvgIpc) is 3.51. The molecule has 4 heterocycles. The molecule has 0 spiro atoms. The maximum absolute atomic E-state index is 6.78. The van der Waals surface area contributed by atoms with Crippen molar-refractivity contribution in [2.75, 3.05) is 4.90 Å². The number of fused-ring (bicyclic) bond motifs is 6. The topological polar surface area (TPSA) is 34.8 Å². The van der Waals surface area contributed by atoms with E-state index in [1.165, 1.54) is 49.4 Å². The van der Waals surface area contributed by atoms with E-state index < -0.39 is 0 Å². The first kappa shape index (κ1) is 24.8. The monoisotopic (exact) mass is 635 g/mol. The fraction of sp³-hybridized carbons (Fsp3) is 0.105. The molecule has 0 unspecified atom stereocenters. The van der Waals surface area contributed by atoms with Crippen molar-refractivity contribution in [2.45, 2.75) is 25.7 Å². The number of benzene rings is 5. The third kappa shape index (κ3) is 3.59. The number of allylic oxidation sites excluding steroid dienone is 2. The summed E-state index contributed by atoms with van der Waals surface area (Å²) in [5, 5.41) is 1.15. The molecule has 1 aliphatic carbocycles. The van der Waals surface area contributed by atoms with E-state index in [2.05, 4.69) is 95.9 Å². The van der Waals surface area contributed by atoms with E-state index in [9.17, 15) is 0 Å². The Labute approximate surface area is 262 Å². The standard InChI is InChI=1S/C38H26BNO3Se/c1-4-11-31-25(8-1)26(22-41-31)23-16-19-36-28(20-23)39-27-18-17-24(21-35(27)43-34-14-7-15-37(44-36)38(34)39)40-29-9-2-5-12-32(29)42-33-13-6-3-10-30(33)40/h1-2,4-5,7-9,11-12,14-22H,3,6,10,13H2. The third-order valence-electron chi connectivity index (χ3n) is 9.43. The van der Waals surface area contributed by atoms with Crippen molar-refractivity contribution >= 4 is 69.3 Å². The summed E-state index contributed by atoms with van der Waals surface area (Å²) in [6.07, 6.45) is 6.23. The molecule has 6 aromatic rings. The summed E-state index contributed by atoms with van der Waals surface area (Å²) in [6.45, 7) is 0.115. The molecule has 4 aliphatic rings. The zero-order chi connectivity index (χ0) is 28.8. The van der Waals surface area contributed by atoms with Gasteiger partial charge in [0.1, 0.15) is 0 Å². The van der Waals surface area contributed by atoms with Gasteiger partial charge in [-0.1, -0.05) is 0 Å². The first-order valence-corrected chi connectivity index (χ1v) is 17.0. The molecule has 0 atom stereocenters. The molecule has 0 amide bonds. The Bertz CT molecular complexity index is 2200.